The molecule has 25 heavy (non-hydrogen) atoms. The average Bonchev–Trinajstić information content (AvgIpc) is 2.58. The van der Waals surface area contributed by atoms with Crippen molar-refractivity contribution in [3.8, 4) is 0 Å². The number of carbonyl (C=O) groups is 2. The summed E-state index contributed by atoms with van der Waals surface area (Å²) in [4.78, 5) is 22.9. The molecule has 1 saturated carbocycles. The number of hydrogen-bond donors (Lipinski definition) is 2. The highest BCUT2D eigenvalue weighted by Crippen LogP contribution is 2.39. The van der Waals surface area contributed by atoms with Crippen molar-refractivity contribution in [2.24, 2.45) is 5.92 Å². The van der Waals surface area contributed by atoms with Crippen molar-refractivity contribution in [2.45, 2.75) is 66.2 Å². The lowest BCUT2D eigenvalue weighted by Gasteiger charge is -2.29. The van der Waals surface area contributed by atoms with Gasteiger partial charge in [0.25, 0.3) is 0 Å². The lowest BCUT2D eigenvalue weighted by atomic mass is 9.76. The van der Waals surface area contributed by atoms with Crippen LogP contribution in [0.4, 0.5) is 0 Å². The van der Waals surface area contributed by atoms with Gasteiger partial charge in [0.2, 0.25) is 0 Å². The van der Waals surface area contributed by atoms with Crippen LogP contribution in [0.25, 0.3) is 0 Å². The first-order chi connectivity index (χ1) is 11.9. The first kappa shape index (κ1) is 21.0. The second-order valence-electron chi connectivity index (χ2n) is 6.27. The fourth-order valence-corrected chi connectivity index (χ4v) is 3.71. The third-order valence-corrected chi connectivity index (χ3v) is 4.88. The Morgan fingerprint density at radius 3 is 2.24 bits per heavy atom. The summed E-state index contributed by atoms with van der Waals surface area (Å²) in [5.74, 6) is -2.56. The maximum atomic E-state index is 11.4. The van der Waals surface area contributed by atoms with Crippen LogP contribution in [0.15, 0.2) is 34.1 Å². The van der Waals surface area contributed by atoms with E-state index in [9.17, 15) is 19.8 Å². The van der Waals surface area contributed by atoms with Gasteiger partial charge in [0.05, 0.1) is 12.9 Å². The van der Waals surface area contributed by atoms with E-state index in [0.29, 0.717) is 18.6 Å². The summed E-state index contributed by atoms with van der Waals surface area (Å²) in [6.45, 7) is 8.26. The first-order valence-corrected chi connectivity index (χ1v) is 9.09. The molecular formula is C20H30O5. The van der Waals surface area contributed by atoms with Crippen molar-refractivity contribution in [1.29, 1.82) is 0 Å². The molecular weight excluding hydrogens is 320 g/mol. The van der Waals surface area contributed by atoms with E-state index in [1.54, 1.807) is 6.92 Å². The summed E-state index contributed by atoms with van der Waals surface area (Å²) in [6, 6.07) is 0. The van der Waals surface area contributed by atoms with Crippen LogP contribution in [0.5, 0.6) is 0 Å². The molecule has 1 rings (SSSR count). The molecule has 2 N–H and O–H groups in total. The summed E-state index contributed by atoms with van der Waals surface area (Å²) in [6.07, 6.45) is 7.18. The molecule has 1 fully saturated rings. The molecule has 1 aliphatic rings. The minimum atomic E-state index is -1.38. The van der Waals surface area contributed by atoms with Crippen LogP contribution in [0.2, 0.25) is 0 Å². The number of allylic oxidation sites excluding steroid dienone is 4. The van der Waals surface area contributed by atoms with Crippen LogP contribution in [0, 0.1) is 5.92 Å². The quantitative estimate of drug-likeness (QED) is 0.218. The molecule has 0 aromatic heterocycles. The molecule has 0 aromatic carbocycles. The second kappa shape index (κ2) is 10.1. The van der Waals surface area contributed by atoms with Crippen molar-refractivity contribution in [3.63, 3.8) is 0 Å². The van der Waals surface area contributed by atoms with Crippen molar-refractivity contribution >= 4 is 11.9 Å². The number of carboxylic acid groups (broad SMARTS) is 2. The van der Waals surface area contributed by atoms with Crippen molar-refractivity contribution in [3.05, 3.63) is 34.1 Å². The predicted octanol–water partition coefficient (Wildman–Crippen LogP) is 4.70. The molecule has 1 atom stereocenters. The summed E-state index contributed by atoms with van der Waals surface area (Å²) in [5, 5.41) is 18.7. The summed E-state index contributed by atoms with van der Waals surface area (Å²) in [7, 11) is 0. The normalized spacial score (nSPS) is 20.0. The molecule has 5 nitrogen and oxygen atoms in total. The van der Waals surface area contributed by atoms with Crippen LogP contribution in [-0.4, -0.2) is 28.8 Å². The highest BCUT2D eigenvalue weighted by atomic mass is 16.5. The van der Waals surface area contributed by atoms with Gasteiger partial charge in [0.15, 0.2) is 0 Å². The Balaban J connectivity index is 3.47. The van der Waals surface area contributed by atoms with Crippen molar-refractivity contribution in [2.75, 3.05) is 6.61 Å². The number of rotatable bonds is 8. The van der Waals surface area contributed by atoms with Crippen LogP contribution in [-0.2, 0) is 14.3 Å². The van der Waals surface area contributed by atoms with Gasteiger partial charge in [-0.3, -0.25) is 0 Å². The molecule has 0 heterocycles. The van der Waals surface area contributed by atoms with E-state index < -0.39 is 17.5 Å². The Morgan fingerprint density at radius 1 is 1.12 bits per heavy atom. The Hall–Kier alpha value is -2.04. The monoisotopic (exact) mass is 350 g/mol. The number of aliphatic carboxylic acids is 2. The lowest BCUT2D eigenvalue weighted by molar-refractivity contribution is -0.140. The third-order valence-electron chi connectivity index (χ3n) is 4.88. The molecule has 0 spiro atoms. The maximum Gasteiger partial charge on any atom is 0.343 e. The maximum absolute atomic E-state index is 11.4. The van der Waals surface area contributed by atoms with Gasteiger partial charge in [-0.2, -0.15) is 0 Å². The van der Waals surface area contributed by atoms with Gasteiger partial charge in [-0.25, -0.2) is 9.59 Å². The second-order valence-corrected chi connectivity index (χ2v) is 6.27. The van der Waals surface area contributed by atoms with Gasteiger partial charge >= 0.3 is 11.9 Å². The van der Waals surface area contributed by atoms with E-state index in [1.807, 2.05) is 27.0 Å². The molecule has 0 aliphatic heterocycles. The molecule has 0 amide bonds. The van der Waals surface area contributed by atoms with E-state index in [0.717, 1.165) is 43.3 Å². The number of carboxylic acids is 2. The summed E-state index contributed by atoms with van der Waals surface area (Å²) >= 11 is 0. The number of hydrogen-bond acceptors (Lipinski definition) is 3. The minimum absolute atomic E-state index is 0.204. The Morgan fingerprint density at radius 2 is 1.76 bits per heavy atom. The van der Waals surface area contributed by atoms with Crippen LogP contribution in [0.3, 0.4) is 0 Å². The Kier molecular flexibility index (Phi) is 8.46. The van der Waals surface area contributed by atoms with E-state index in [1.165, 1.54) is 5.57 Å². The highest BCUT2D eigenvalue weighted by Gasteiger charge is 2.27. The van der Waals surface area contributed by atoms with Crippen LogP contribution < -0.4 is 0 Å². The SMILES string of the molecule is CCOC=C1CCCCC1C(CC)=C(C)C(CC)=C(C(=O)O)C(=O)O. The van der Waals surface area contributed by atoms with Crippen LogP contribution >= 0.6 is 0 Å². The molecule has 0 aromatic rings. The van der Waals surface area contributed by atoms with Gasteiger partial charge in [0, 0.05) is 5.92 Å². The molecule has 0 radical (unpaired) electrons. The molecule has 140 valence electrons. The lowest BCUT2D eigenvalue weighted by Crippen LogP contribution is -2.18. The van der Waals surface area contributed by atoms with Crippen LogP contribution in [0.1, 0.15) is 66.2 Å². The molecule has 0 saturated heterocycles. The zero-order valence-electron chi connectivity index (χ0n) is 15.7. The standard InChI is InChI=1S/C20H30O5/c1-5-15(17-11-9-8-10-14(17)12-25-7-3)13(4)16(6-2)18(19(21)22)20(23)24/h12,17H,5-11H2,1-4H3,(H,21,22)(H,23,24). The Bertz CT molecular complexity index is 579. The number of ether oxygens (including phenoxy) is 1. The zero-order chi connectivity index (χ0) is 19.0. The first-order valence-electron chi connectivity index (χ1n) is 9.09. The van der Waals surface area contributed by atoms with Gasteiger partial charge in [-0.05, 0) is 62.7 Å². The highest BCUT2D eigenvalue weighted by molar-refractivity contribution is 6.13. The van der Waals surface area contributed by atoms with E-state index in [-0.39, 0.29) is 5.92 Å². The average molecular weight is 350 g/mol. The van der Waals surface area contributed by atoms with Crippen molar-refractivity contribution in [1.82, 2.24) is 0 Å². The fraction of sp³-hybridized carbons (Fsp3) is 0.600. The molecule has 1 aliphatic carbocycles. The van der Waals surface area contributed by atoms with Gasteiger partial charge in [-0.1, -0.05) is 25.8 Å². The van der Waals surface area contributed by atoms with E-state index >= 15 is 0 Å². The molecule has 1 unspecified atom stereocenters. The predicted molar refractivity (Wildman–Crippen MR) is 97.2 cm³/mol. The third kappa shape index (κ3) is 5.21. The molecule has 0 bridgehead atoms. The largest absolute Gasteiger partial charge is 0.502 e. The van der Waals surface area contributed by atoms with Gasteiger partial charge < -0.3 is 14.9 Å². The van der Waals surface area contributed by atoms with Gasteiger partial charge in [0.1, 0.15) is 5.57 Å². The summed E-state index contributed by atoms with van der Waals surface area (Å²) in [5.41, 5.74) is 3.06. The van der Waals surface area contributed by atoms with E-state index in [2.05, 4.69) is 0 Å². The Labute approximate surface area is 150 Å². The zero-order valence-corrected chi connectivity index (χ0v) is 15.7. The van der Waals surface area contributed by atoms with E-state index in [4.69, 9.17) is 4.74 Å². The van der Waals surface area contributed by atoms with Crippen molar-refractivity contribution < 1.29 is 24.5 Å². The summed E-state index contributed by atoms with van der Waals surface area (Å²) < 4.78 is 5.50. The minimum Gasteiger partial charge on any atom is -0.502 e. The smallest absolute Gasteiger partial charge is 0.343 e. The fourth-order valence-electron chi connectivity index (χ4n) is 3.71. The van der Waals surface area contributed by atoms with Gasteiger partial charge in [-0.15, -0.1) is 0 Å². The molecule has 5 heteroatoms. The topological polar surface area (TPSA) is 83.8 Å².